The van der Waals surface area contributed by atoms with Gasteiger partial charge in [0.15, 0.2) is 0 Å². The zero-order valence-corrected chi connectivity index (χ0v) is 11.8. The zero-order chi connectivity index (χ0) is 12.3. The molecule has 0 aromatic heterocycles. The second-order valence-corrected chi connectivity index (χ2v) is 5.33. The Morgan fingerprint density at radius 3 is 2.56 bits per heavy atom. The first-order valence-corrected chi connectivity index (χ1v) is 6.14. The third-order valence-electron chi connectivity index (χ3n) is 2.21. The molecule has 0 aliphatic rings. The Bertz CT molecular complexity index is 394. The van der Waals surface area contributed by atoms with E-state index >= 15 is 0 Å². The molecule has 0 saturated carbocycles. The minimum Gasteiger partial charge on any atom is -0.374 e. The van der Waals surface area contributed by atoms with Crippen LogP contribution in [0.4, 0.5) is 11.4 Å². The molecule has 0 N–H and O–H groups in total. The first kappa shape index (κ1) is 13.2. The monoisotopic (exact) mass is 334 g/mol. The summed E-state index contributed by atoms with van der Waals surface area (Å²) in [5.74, 6) is 0.567. The van der Waals surface area contributed by atoms with Crippen molar-refractivity contribution < 1.29 is 4.92 Å². The summed E-state index contributed by atoms with van der Waals surface area (Å²) in [6.07, 6.45) is 0. The van der Waals surface area contributed by atoms with Crippen molar-refractivity contribution in [1.29, 1.82) is 0 Å². The van der Waals surface area contributed by atoms with E-state index in [1.54, 1.807) is 12.1 Å². The predicted octanol–water partition coefficient (Wildman–Crippen LogP) is 3.29. The topological polar surface area (TPSA) is 46.4 Å². The van der Waals surface area contributed by atoms with Crippen LogP contribution in [0.15, 0.2) is 18.2 Å². The summed E-state index contributed by atoms with van der Waals surface area (Å²) in [5.41, 5.74) is 1.19. The number of nitro benzene ring substituents is 1. The van der Waals surface area contributed by atoms with Crippen LogP contribution < -0.4 is 4.90 Å². The molecule has 0 radical (unpaired) electrons. The van der Waals surface area contributed by atoms with E-state index in [9.17, 15) is 10.1 Å². The largest absolute Gasteiger partial charge is 0.374 e. The summed E-state index contributed by atoms with van der Waals surface area (Å²) in [5, 5.41) is 10.7. The minimum atomic E-state index is -0.353. The van der Waals surface area contributed by atoms with E-state index in [-0.39, 0.29) is 10.6 Å². The van der Waals surface area contributed by atoms with Gasteiger partial charge in [-0.25, -0.2) is 0 Å². The summed E-state index contributed by atoms with van der Waals surface area (Å²) in [4.78, 5) is 12.4. The van der Waals surface area contributed by atoms with E-state index in [0.29, 0.717) is 9.49 Å². The van der Waals surface area contributed by atoms with E-state index in [0.717, 1.165) is 12.2 Å². The number of anilines is 1. The van der Waals surface area contributed by atoms with E-state index in [1.807, 2.05) is 35.7 Å². The van der Waals surface area contributed by atoms with Gasteiger partial charge in [-0.3, -0.25) is 10.1 Å². The molecule has 0 fully saturated rings. The normalized spacial score (nSPS) is 10.6. The average molecular weight is 334 g/mol. The van der Waals surface area contributed by atoms with Crippen molar-refractivity contribution in [3.05, 3.63) is 31.9 Å². The van der Waals surface area contributed by atoms with Crippen LogP contribution in [0.3, 0.4) is 0 Å². The smallest absolute Gasteiger partial charge is 0.282 e. The van der Waals surface area contributed by atoms with Gasteiger partial charge in [0.1, 0.15) is 0 Å². The lowest BCUT2D eigenvalue weighted by molar-refractivity contribution is -0.385. The van der Waals surface area contributed by atoms with Crippen molar-refractivity contribution in [3.8, 4) is 0 Å². The van der Waals surface area contributed by atoms with Crippen LogP contribution >= 0.6 is 22.6 Å². The molecule has 0 heterocycles. The number of nitrogens with zero attached hydrogens (tertiary/aromatic N) is 2. The molecule has 0 amide bonds. The number of rotatable bonds is 4. The second kappa shape index (κ2) is 5.47. The highest BCUT2D eigenvalue weighted by Gasteiger charge is 2.13. The van der Waals surface area contributed by atoms with Crippen LogP contribution in [0, 0.1) is 19.6 Å². The summed E-state index contributed by atoms with van der Waals surface area (Å²) in [7, 11) is 2.00. The van der Waals surface area contributed by atoms with Crippen molar-refractivity contribution in [2.75, 3.05) is 18.5 Å². The molecule has 0 spiro atoms. The SMILES string of the molecule is CC(C)CN(C)c1ccc([N+](=O)[O-])c(I)c1. The lowest BCUT2D eigenvalue weighted by atomic mass is 10.2. The van der Waals surface area contributed by atoms with Crippen LogP contribution in [0.5, 0.6) is 0 Å². The number of nitro groups is 1. The Labute approximate surface area is 109 Å². The lowest BCUT2D eigenvalue weighted by Gasteiger charge is -2.21. The Hall–Kier alpha value is -0.850. The molecule has 0 unspecified atom stereocenters. The molecular formula is C11H15IN2O2. The molecule has 88 valence electrons. The third kappa shape index (κ3) is 3.33. The van der Waals surface area contributed by atoms with Crippen LogP contribution in [0.1, 0.15) is 13.8 Å². The molecule has 5 heteroatoms. The van der Waals surface area contributed by atoms with Crippen molar-refractivity contribution in [2.45, 2.75) is 13.8 Å². The molecule has 0 aliphatic carbocycles. The zero-order valence-electron chi connectivity index (χ0n) is 9.61. The van der Waals surface area contributed by atoms with Gasteiger partial charge in [-0.1, -0.05) is 13.8 Å². The average Bonchev–Trinajstić information content (AvgIpc) is 2.15. The maximum absolute atomic E-state index is 10.7. The van der Waals surface area contributed by atoms with Crippen LogP contribution in [-0.4, -0.2) is 18.5 Å². The van der Waals surface area contributed by atoms with Gasteiger partial charge < -0.3 is 4.90 Å². The number of hydrogen-bond donors (Lipinski definition) is 0. The minimum absolute atomic E-state index is 0.169. The third-order valence-corrected chi connectivity index (χ3v) is 3.07. The maximum atomic E-state index is 10.7. The Morgan fingerprint density at radius 2 is 2.12 bits per heavy atom. The molecule has 1 rings (SSSR count). The Morgan fingerprint density at radius 1 is 1.50 bits per heavy atom. The Balaban J connectivity index is 2.92. The number of hydrogen-bond acceptors (Lipinski definition) is 3. The van der Waals surface area contributed by atoms with E-state index in [1.165, 1.54) is 0 Å². The van der Waals surface area contributed by atoms with Gasteiger partial charge in [0.25, 0.3) is 5.69 Å². The van der Waals surface area contributed by atoms with Crippen molar-refractivity contribution in [1.82, 2.24) is 0 Å². The first-order chi connectivity index (χ1) is 7.41. The molecule has 0 atom stereocenters. The van der Waals surface area contributed by atoms with Crippen LogP contribution in [-0.2, 0) is 0 Å². The molecule has 0 bridgehead atoms. The van der Waals surface area contributed by atoms with Crippen LogP contribution in [0.2, 0.25) is 0 Å². The summed E-state index contributed by atoms with van der Waals surface area (Å²) >= 11 is 2.00. The fourth-order valence-corrected chi connectivity index (χ4v) is 2.23. The number of halogens is 1. The van der Waals surface area contributed by atoms with E-state index in [4.69, 9.17) is 0 Å². The summed E-state index contributed by atoms with van der Waals surface area (Å²) < 4.78 is 0.677. The fraction of sp³-hybridized carbons (Fsp3) is 0.455. The highest BCUT2D eigenvalue weighted by Crippen LogP contribution is 2.26. The van der Waals surface area contributed by atoms with Gasteiger partial charge in [-0.2, -0.15) is 0 Å². The van der Waals surface area contributed by atoms with Gasteiger partial charge in [0.2, 0.25) is 0 Å². The van der Waals surface area contributed by atoms with Gasteiger partial charge in [0, 0.05) is 25.3 Å². The second-order valence-electron chi connectivity index (χ2n) is 4.17. The van der Waals surface area contributed by atoms with E-state index in [2.05, 4.69) is 18.7 Å². The lowest BCUT2D eigenvalue weighted by Crippen LogP contribution is -2.22. The highest BCUT2D eigenvalue weighted by molar-refractivity contribution is 14.1. The van der Waals surface area contributed by atoms with Gasteiger partial charge in [-0.15, -0.1) is 0 Å². The Kier molecular flexibility index (Phi) is 4.52. The molecule has 0 aliphatic heterocycles. The van der Waals surface area contributed by atoms with Crippen LogP contribution in [0.25, 0.3) is 0 Å². The first-order valence-electron chi connectivity index (χ1n) is 5.07. The van der Waals surface area contributed by atoms with Crippen molar-refractivity contribution >= 4 is 34.0 Å². The molecule has 1 aromatic rings. The maximum Gasteiger partial charge on any atom is 0.282 e. The molecule has 16 heavy (non-hydrogen) atoms. The molecule has 1 aromatic carbocycles. The summed E-state index contributed by atoms with van der Waals surface area (Å²) in [6.45, 7) is 5.23. The van der Waals surface area contributed by atoms with Gasteiger partial charge in [0.05, 0.1) is 8.49 Å². The van der Waals surface area contributed by atoms with Gasteiger partial charge in [-0.05, 0) is 40.6 Å². The standard InChI is InChI=1S/C11H15IN2O2/c1-8(2)7-13(3)9-4-5-11(14(15)16)10(12)6-9/h4-6,8H,7H2,1-3H3. The molecular weight excluding hydrogens is 319 g/mol. The molecule has 4 nitrogen and oxygen atoms in total. The van der Waals surface area contributed by atoms with Gasteiger partial charge >= 0.3 is 0 Å². The fourth-order valence-electron chi connectivity index (χ4n) is 1.53. The number of benzene rings is 1. The molecule has 0 saturated heterocycles. The summed E-state index contributed by atoms with van der Waals surface area (Å²) in [6, 6.07) is 5.21. The highest BCUT2D eigenvalue weighted by atomic mass is 127. The quantitative estimate of drug-likeness (QED) is 0.482. The van der Waals surface area contributed by atoms with Crippen molar-refractivity contribution in [2.24, 2.45) is 5.92 Å². The van der Waals surface area contributed by atoms with E-state index < -0.39 is 0 Å². The van der Waals surface area contributed by atoms with Crippen molar-refractivity contribution in [3.63, 3.8) is 0 Å². The predicted molar refractivity (Wildman–Crippen MR) is 73.9 cm³/mol.